The molecule has 2 saturated heterocycles. The molecule has 0 amide bonds. The van der Waals surface area contributed by atoms with Gasteiger partial charge in [-0.25, -0.2) is 8.42 Å². The van der Waals surface area contributed by atoms with E-state index in [1.807, 2.05) is 17.9 Å². The van der Waals surface area contributed by atoms with E-state index in [2.05, 4.69) is 4.90 Å². The summed E-state index contributed by atoms with van der Waals surface area (Å²) >= 11 is 5.33. The smallest absolute Gasteiger partial charge is 0.376 e. The SMILES string of the molecule is C[C@H]1CN(C[C@@H]2CN(S(=O)(=O)C3=CC=CCC3=S)CCN2c2ccc([C@@](C)(O)C(F)(F)F)cc2)CCO1. The van der Waals surface area contributed by atoms with Crippen molar-refractivity contribution in [1.29, 1.82) is 0 Å². The van der Waals surface area contributed by atoms with E-state index in [4.69, 9.17) is 17.0 Å². The number of hydrogen-bond acceptors (Lipinski definition) is 7. The van der Waals surface area contributed by atoms with Crippen molar-refractivity contribution in [2.24, 2.45) is 0 Å². The van der Waals surface area contributed by atoms with E-state index in [0.717, 1.165) is 6.92 Å². The molecule has 3 atom stereocenters. The number of sulfonamides is 1. The molecule has 0 saturated carbocycles. The van der Waals surface area contributed by atoms with Crippen molar-refractivity contribution in [1.82, 2.24) is 9.21 Å². The van der Waals surface area contributed by atoms with Crippen molar-refractivity contribution in [3.63, 3.8) is 0 Å². The van der Waals surface area contributed by atoms with E-state index in [9.17, 15) is 26.7 Å². The zero-order valence-corrected chi connectivity index (χ0v) is 22.4. The number of piperazine rings is 1. The third kappa shape index (κ3) is 5.94. The van der Waals surface area contributed by atoms with Gasteiger partial charge in [0.2, 0.25) is 10.0 Å². The van der Waals surface area contributed by atoms with Crippen molar-refractivity contribution in [3.8, 4) is 0 Å². The number of halogens is 3. The summed E-state index contributed by atoms with van der Waals surface area (Å²) < 4.78 is 74.0. The summed E-state index contributed by atoms with van der Waals surface area (Å²) in [5.41, 5.74) is -2.56. The Morgan fingerprint density at radius 3 is 2.46 bits per heavy atom. The summed E-state index contributed by atoms with van der Waals surface area (Å²) in [7, 11) is -3.79. The zero-order chi connectivity index (χ0) is 27.0. The van der Waals surface area contributed by atoms with E-state index in [-0.39, 0.29) is 35.7 Å². The van der Waals surface area contributed by atoms with Crippen molar-refractivity contribution in [2.45, 2.75) is 44.2 Å². The predicted octanol–water partition coefficient (Wildman–Crippen LogP) is 3.21. The van der Waals surface area contributed by atoms with Gasteiger partial charge in [-0.3, -0.25) is 4.90 Å². The first-order chi connectivity index (χ1) is 17.3. The quantitative estimate of drug-likeness (QED) is 0.537. The molecule has 1 aromatic carbocycles. The van der Waals surface area contributed by atoms with Gasteiger partial charge in [-0.15, -0.1) is 0 Å². The maximum absolute atomic E-state index is 13.5. The molecule has 37 heavy (non-hydrogen) atoms. The second-order valence-corrected chi connectivity index (χ2v) is 12.3. The first-order valence-electron chi connectivity index (χ1n) is 12.2. The number of allylic oxidation sites excluding steroid dienone is 4. The molecule has 3 aliphatic rings. The van der Waals surface area contributed by atoms with E-state index in [1.165, 1.54) is 22.5 Å². The third-order valence-corrected chi connectivity index (χ3v) is 9.60. The fourth-order valence-corrected chi connectivity index (χ4v) is 7.00. The Labute approximate surface area is 221 Å². The molecular weight excluding hydrogens is 527 g/mol. The van der Waals surface area contributed by atoms with Crippen LogP contribution in [0.5, 0.6) is 0 Å². The van der Waals surface area contributed by atoms with Crippen LogP contribution in [0.1, 0.15) is 25.8 Å². The minimum Gasteiger partial charge on any atom is -0.376 e. The standard InChI is InChI=1S/C25H32F3N3O4S2/c1-18-15-29(13-14-35-18)16-21-17-30(37(33,34)23-6-4-3-5-22(23)36)11-12-31(21)20-9-7-19(8-10-20)24(2,32)25(26,27)28/h3-4,6-10,18,21,32H,5,11-17H2,1-2H3/t18-,21+,24+/m0/s1. The molecule has 0 radical (unpaired) electrons. The molecule has 2 aliphatic heterocycles. The van der Waals surface area contributed by atoms with E-state index in [0.29, 0.717) is 49.8 Å². The van der Waals surface area contributed by atoms with Crippen LogP contribution in [0.25, 0.3) is 0 Å². The molecule has 2 fully saturated rings. The number of anilines is 1. The monoisotopic (exact) mass is 559 g/mol. The first-order valence-corrected chi connectivity index (χ1v) is 14.1. The van der Waals surface area contributed by atoms with Crippen molar-refractivity contribution in [3.05, 3.63) is 53.0 Å². The highest BCUT2D eigenvalue weighted by Gasteiger charge is 2.51. The Morgan fingerprint density at radius 1 is 1.14 bits per heavy atom. The van der Waals surface area contributed by atoms with Crippen LogP contribution in [-0.4, -0.2) is 91.8 Å². The van der Waals surface area contributed by atoms with Gasteiger partial charge in [0.15, 0.2) is 5.60 Å². The molecule has 1 N–H and O–H groups in total. The fraction of sp³-hybridized carbons (Fsp3) is 0.560. The molecule has 0 spiro atoms. The van der Waals surface area contributed by atoms with Crippen LogP contribution in [0.4, 0.5) is 18.9 Å². The highest BCUT2D eigenvalue weighted by molar-refractivity contribution is 7.96. The van der Waals surface area contributed by atoms with Crippen LogP contribution in [0.15, 0.2) is 47.4 Å². The number of benzene rings is 1. The minimum atomic E-state index is -4.81. The lowest BCUT2D eigenvalue weighted by Gasteiger charge is -2.45. The topological polar surface area (TPSA) is 73.3 Å². The van der Waals surface area contributed by atoms with Gasteiger partial charge >= 0.3 is 6.18 Å². The number of rotatable bonds is 6. The average molecular weight is 560 g/mol. The lowest BCUT2D eigenvalue weighted by molar-refractivity contribution is -0.258. The van der Waals surface area contributed by atoms with Crippen LogP contribution in [0.3, 0.4) is 0 Å². The molecule has 1 aliphatic carbocycles. The Kier molecular flexibility index (Phi) is 8.18. The summed E-state index contributed by atoms with van der Waals surface area (Å²) in [6, 6.07) is 5.40. The van der Waals surface area contributed by atoms with E-state index < -0.39 is 21.8 Å². The maximum atomic E-state index is 13.5. The second kappa shape index (κ2) is 10.7. The molecule has 7 nitrogen and oxygen atoms in total. The molecule has 1 aromatic rings. The van der Waals surface area contributed by atoms with Gasteiger partial charge in [0.25, 0.3) is 0 Å². The van der Waals surface area contributed by atoms with Gasteiger partial charge in [0, 0.05) is 56.2 Å². The summed E-state index contributed by atoms with van der Waals surface area (Å²) in [5, 5.41) is 10.0. The number of ether oxygens (including phenoxy) is 1. The normalized spacial score (nSPS) is 26.2. The van der Waals surface area contributed by atoms with Crippen LogP contribution < -0.4 is 4.90 Å². The third-order valence-electron chi connectivity index (χ3n) is 7.13. The van der Waals surface area contributed by atoms with Crippen LogP contribution in [0.2, 0.25) is 0 Å². The van der Waals surface area contributed by atoms with Gasteiger partial charge in [-0.05, 0) is 37.6 Å². The largest absolute Gasteiger partial charge is 0.421 e. The van der Waals surface area contributed by atoms with Gasteiger partial charge in [0.1, 0.15) is 0 Å². The Hall–Kier alpha value is -1.83. The van der Waals surface area contributed by atoms with Crippen molar-refractivity contribution in [2.75, 3.05) is 50.8 Å². The molecule has 0 unspecified atom stereocenters. The predicted molar refractivity (Wildman–Crippen MR) is 140 cm³/mol. The first kappa shape index (κ1) is 28.2. The summed E-state index contributed by atoms with van der Waals surface area (Å²) in [5.74, 6) is 0. The Balaban J connectivity index is 1.60. The lowest BCUT2D eigenvalue weighted by Crippen LogP contribution is -2.59. The zero-order valence-electron chi connectivity index (χ0n) is 20.8. The van der Waals surface area contributed by atoms with Gasteiger partial charge < -0.3 is 14.7 Å². The molecule has 0 aromatic heterocycles. The number of alkyl halides is 3. The van der Waals surface area contributed by atoms with Gasteiger partial charge in [-0.2, -0.15) is 17.5 Å². The molecule has 12 heteroatoms. The lowest BCUT2D eigenvalue weighted by atomic mass is 9.95. The fourth-order valence-electron chi connectivity index (χ4n) is 4.93. The van der Waals surface area contributed by atoms with Gasteiger partial charge in [-0.1, -0.05) is 36.5 Å². The van der Waals surface area contributed by atoms with E-state index in [1.54, 1.807) is 18.2 Å². The highest BCUT2D eigenvalue weighted by atomic mass is 32.2. The summed E-state index contributed by atoms with van der Waals surface area (Å²) in [4.78, 5) is 4.79. The van der Waals surface area contributed by atoms with E-state index >= 15 is 0 Å². The molecule has 4 rings (SSSR count). The number of hydrogen-bond donors (Lipinski definition) is 1. The van der Waals surface area contributed by atoms with Crippen LogP contribution >= 0.6 is 12.2 Å². The van der Waals surface area contributed by atoms with Crippen LogP contribution in [-0.2, 0) is 20.4 Å². The number of morpholine rings is 1. The average Bonchev–Trinajstić information content (AvgIpc) is 2.83. The molecule has 204 valence electrons. The molecular formula is C25H32F3N3O4S2. The molecule has 2 heterocycles. The Bertz CT molecular complexity index is 1170. The maximum Gasteiger partial charge on any atom is 0.421 e. The van der Waals surface area contributed by atoms with Crippen molar-refractivity contribution >= 4 is 32.8 Å². The Morgan fingerprint density at radius 2 is 1.84 bits per heavy atom. The van der Waals surface area contributed by atoms with Crippen LogP contribution in [0, 0.1) is 0 Å². The number of nitrogens with zero attached hydrogens (tertiary/aromatic N) is 3. The number of aliphatic hydroxyl groups is 1. The summed E-state index contributed by atoms with van der Waals surface area (Å²) in [6.45, 7) is 6.03. The second-order valence-electron chi connectivity index (χ2n) is 9.85. The van der Waals surface area contributed by atoms with Gasteiger partial charge in [0.05, 0.1) is 23.7 Å². The minimum absolute atomic E-state index is 0.0473. The molecule has 0 bridgehead atoms. The highest BCUT2D eigenvalue weighted by Crippen LogP contribution is 2.39. The summed E-state index contributed by atoms with van der Waals surface area (Å²) in [6.07, 6.45) is 0.699. The number of thiocarbonyl (C=S) groups is 1. The van der Waals surface area contributed by atoms with Crippen molar-refractivity contribution < 1.29 is 31.4 Å².